The normalized spacial score (nSPS) is 11.6. The van der Waals surface area contributed by atoms with Crippen LogP contribution in [0, 0.1) is 0 Å². The summed E-state index contributed by atoms with van der Waals surface area (Å²) in [6.45, 7) is 9.43. The Labute approximate surface area is 101 Å². The molecule has 0 radical (unpaired) electrons. The molecule has 0 heterocycles. The van der Waals surface area contributed by atoms with E-state index in [1.165, 1.54) is 24.0 Å². The zero-order chi connectivity index (χ0) is 12.4. The minimum absolute atomic E-state index is 0.664. The number of hydrogen-bond donors (Lipinski definition) is 0. The second kappa shape index (κ2) is 9.41. The van der Waals surface area contributed by atoms with Gasteiger partial charge < -0.3 is 4.74 Å². The lowest BCUT2D eigenvalue weighted by Gasteiger charge is -2.09. The van der Waals surface area contributed by atoms with Crippen LogP contribution in [0.4, 0.5) is 0 Å². The summed E-state index contributed by atoms with van der Waals surface area (Å²) in [5.74, 6) is 0.664. The zero-order valence-electron chi connectivity index (χ0n) is 11.4. The Morgan fingerprint density at radius 2 is 1.56 bits per heavy atom. The molecule has 0 aliphatic carbocycles. The first kappa shape index (κ1) is 15.2. The molecule has 0 aliphatic heterocycles. The number of ether oxygens (including phenoxy) is 1. The molecule has 92 valence electrons. The zero-order valence-corrected chi connectivity index (χ0v) is 11.4. The van der Waals surface area contributed by atoms with E-state index < -0.39 is 0 Å². The average molecular weight is 222 g/mol. The molecule has 1 unspecified atom stereocenters. The maximum atomic E-state index is 5.05. The average Bonchev–Trinajstić information content (AvgIpc) is 2.30. The Balaban J connectivity index is 0.000000673. The smallest absolute Gasteiger partial charge is 0.0713 e. The fraction of sp³-hybridized carbons (Fsp3) is 0.600. The molecule has 0 fully saturated rings. The summed E-state index contributed by atoms with van der Waals surface area (Å²) in [5, 5.41) is 0. The molecule has 0 amide bonds. The molecule has 0 aliphatic rings. The first-order valence-electron chi connectivity index (χ1n) is 6.27. The molecule has 1 aromatic carbocycles. The van der Waals surface area contributed by atoms with Crippen molar-refractivity contribution in [3.05, 3.63) is 35.4 Å². The Hall–Kier alpha value is -0.820. The minimum atomic E-state index is 0.664. The van der Waals surface area contributed by atoms with Gasteiger partial charge in [0.25, 0.3) is 0 Å². The predicted molar refractivity (Wildman–Crippen MR) is 71.8 cm³/mol. The molecule has 1 rings (SSSR count). The van der Waals surface area contributed by atoms with Gasteiger partial charge in [-0.25, -0.2) is 0 Å². The molecule has 0 bridgehead atoms. The summed E-state index contributed by atoms with van der Waals surface area (Å²) < 4.78 is 5.05. The van der Waals surface area contributed by atoms with Crippen LogP contribution in [0.3, 0.4) is 0 Å². The van der Waals surface area contributed by atoms with Gasteiger partial charge >= 0.3 is 0 Å². The van der Waals surface area contributed by atoms with Crippen LogP contribution in [0.15, 0.2) is 24.3 Å². The van der Waals surface area contributed by atoms with E-state index in [2.05, 4.69) is 52.0 Å². The van der Waals surface area contributed by atoms with Gasteiger partial charge in [0.15, 0.2) is 0 Å². The van der Waals surface area contributed by atoms with E-state index in [-0.39, 0.29) is 0 Å². The molecule has 1 nitrogen and oxygen atoms in total. The standard InChI is InChI=1S/C12H18O.C3H8/c1-4-10(2)12-7-5-11(6-8-12)9-13-3;1-3-2/h5-8,10H,4,9H2,1-3H3;3H2,1-2H3. The third-order valence-electron chi connectivity index (χ3n) is 2.47. The Morgan fingerprint density at radius 1 is 1.06 bits per heavy atom. The molecule has 0 saturated carbocycles. The quantitative estimate of drug-likeness (QED) is 0.713. The SMILES string of the molecule is CCC.CCC(C)c1ccc(COC)cc1. The second-order valence-electron chi connectivity index (χ2n) is 4.19. The van der Waals surface area contributed by atoms with Gasteiger partial charge in [0.2, 0.25) is 0 Å². The van der Waals surface area contributed by atoms with Gasteiger partial charge in [-0.2, -0.15) is 0 Å². The van der Waals surface area contributed by atoms with Crippen molar-refractivity contribution in [3.63, 3.8) is 0 Å². The predicted octanol–water partition coefficient (Wildman–Crippen LogP) is 4.76. The monoisotopic (exact) mass is 222 g/mol. The third-order valence-corrected chi connectivity index (χ3v) is 2.47. The highest BCUT2D eigenvalue weighted by molar-refractivity contribution is 5.24. The maximum absolute atomic E-state index is 5.05. The number of hydrogen-bond acceptors (Lipinski definition) is 1. The van der Waals surface area contributed by atoms with E-state index >= 15 is 0 Å². The Morgan fingerprint density at radius 3 is 1.94 bits per heavy atom. The first-order chi connectivity index (χ1) is 7.69. The fourth-order valence-electron chi connectivity index (χ4n) is 1.34. The van der Waals surface area contributed by atoms with Gasteiger partial charge in [0.05, 0.1) is 6.61 Å². The summed E-state index contributed by atoms with van der Waals surface area (Å²) in [6, 6.07) is 8.68. The molecule has 16 heavy (non-hydrogen) atoms. The van der Waals surface area contributed by atoms with Crippen molar-refractivity contribution in [1.82, 2.24) is 0 Å². The Kier molecular flexibility index (Phi) is 8.93. The lowest BCUT2D eigenvalue weighted by molar-refractivity contribution is 0.185. The molecule has 1 atom stereocenters. The van der Waals surface area contributed by atoms with Crippen LogP contribution < -0.4 is 0 Å². The number of benzene rings is 1. The van der Waals surface area contributed by atoms with Gasteiger partial charge in [-0.1, -0.05) is 58.4 Å². The van der Waals surface area contributed by atoms with Gasteiger partial charge in [0, 0.05) is 7.11 Å². The van der Waals surface area contributed by atoms with Gasteiger partial charge in [0.1, 0.15) is 0 Å². The van der Waals surface area contributed by atoms with Crippen LogP contribution in [0.1, 0.15) is 57.6 Å². The lowest BCUT2D eigenvalue weighted by Crippen LogP contribution is -1.92. The van der Waals surface area contributed by atoms with Gasteiger partial charge in [-0.15, -0.1) is 0 Å². The molecular formula is C15H26O. The van der Waals surface area contributed by atoms with Crippen LogP contribution in [-0.4, -0.2) is 7.11 Å². The number of rotatable bonds is 4. The van der Waals surface area contributed by atoms with Crippen LogP contribution in [0.2, 0.25) is 0 Å². The molecule has 0 N–H and O–H groups in total. The van der Waals surface area contributed by atoms with Crippen molar-refractivity contribution in [1.29, 1.82) is 0 Å². The van der Waals surface area contributed by atoms with Crippen molar-refractivity contribution in [2.75, 3.05) is 7.11 Å². The highest BCUT2D eigenvalue weighted by atomic mass is 16.5. The minimum Gasteiger partial charge on any atom is -0.380 e. The molecule has 1 aromatic rings. The maximum Gasteiger partial charge on any atom is 0.0713 e. The largest absolute Gasteiger partial charge is 0.380 e. The van der Waals surface area contributed by atoms with E-state index in [9.17, 15) is 0 Å². The van der Waals surface area contributed by atoms with Crippen molar-refractivity contribution < 1.29 is 4.74 Å². The van der Waals surface area contributed by atoms with Gasteiger partial charge in [-0.3, -0.25) is 0 Å². The van der Waals surface area contributed by atoms with E-state index in [4.69, 9.17) is 4.74 Å². The summed E-state index contributed by atoms with van der Waals surface area (Å²) in [7, 11) is 1.72. The van der Waals surface area contributed by atoms with Crippen molar-refractivity contribution in [2.24, 2.45) is 0 Å². The van der Waals surface area contributed by atoms with Crippen molar-refractivity contribution in [3.8, 4) is 0 Å². The summed E-state index contributed by atoms with van der Waals surface area (Å²) in [6.07, 6.45) is 2.45. The van der Waals surface area contributed by atoms with Crippen LogP contribution in [0.25, 0.3) is 0 Å². The molecule has 0 aromatic heterocycles. The lowest BCUT2D eigenvalue weighted by atomic mass is 9.98. The number of methoxy groups -OCH3 is 1. The fourth-order valence-corrected chi connectivity index (χ4v) is 1.34. The molecule has 0 spiro atoms. The summed E-state index contributed by atoms with van der Waals surface area (Å²) in [5.41, 5.74) is 2.66. The highest BCUT2D eigenvalue weighted by Crippen LogP contribution is 2.18. The molecule has 1 heteroatoms. The van der Waals surface area contributed by atoms with Crippen LogP contribution in [-0.2, 0) is 11.3 Å². The first-order valence-corrected chi connectivity index (χ1v) is 6.27. The van der Waals surface area contributed by atoms with Gasteiger partial charge in [-0.05, 0) is 23.5 Å². The summed E-state index contributed by atoms with van der Waals surface area (Å²) >= 11 is 0. The molecular weight excluding hydrogens is 196 g/mol. The van der Waals surface area contributed by atoms with Crippen LogP contribution in [0.5, 0.6) is 0 Å². The van der Waals surface area contributed by atoms with E-state index in [1.807, 2.05) is 0 Å². The molecule has 0 saturated heterocycles. The van der Waals surface area contributed by atoms with E-state index in [0.29, 0.717) is 12.5 Å². The van der Waals surface area contributed by atoms with E-state index in [0.717, 1.165) is 0 Å². The Bertz CT molecular complexity index is 251. The third kappa shape index (κ3) is 5.92. The van der Waals surface area contributed by atoms with E-state index in [1.54, 1.807) is 7.11 Å². The summed E-state index contributed by atoms with van der Waals surface area (Å²) in [4.78, 5) is 0. The topological polar surface area (TPSA) is 9.23 Å². The highest BCUT2D eigenvalue weighted by Gasteiger charge is 2.01. The van der Waals surface area contributed by atoms with Crippen molar-refractivity contribution >= 4 is 0 Å². The van der Waals surface area contributed by atoms with Crippen LogP contribution >= 0.6 is 0 Å². The second-order valence-corrected chi connectivity index (χ2v) is 4.19. The van der Waals surface area contributed by atoms with Crippen molar-refractivity contribution in [2.45, 2.75) is 53.1 Å².